The Morgan fingerprint density at radius 3 is 2.92 bits per heavy atom. The minimum Gasteiger partial charge on any atom is -0.451 e. The van der Waals surface area contributed by atoms with Gasteiger partial charge in [0.15, 0.2) is 17.0 Å². The summed E-state index contributed by atoms with van der Waals surface area (Å²) < 4.78 is 11.0. The first-order valence-corrected chi connectivity index (χ1v) is 8.27. The van der Waals surface area contributed by atoms with Gasteiger partial charge in [-0.25, -0.2) is 0 Å². The van der Waals surface area contributed by atoms with Crippen LogP contribution in [0.4, 0.5) is 0 Å². The molecule has 1 saturated heterocycles. The smallest absolute Gasteiger partial charge is 0.290 e. The van der Waals surface area contributed by atoms with Crippen molar-refractivity contribution in [3.05, 3.63) is 58.0 Å². The lowest BCUT2D eigenvalue weighted by Gasteiger charge is -2.32. The monoisotopic (exact) mass is 339 g/mol. The third-order valence-corrected chi connectivity index (χ3v) is 4.44. The predicted octanol–water partition coefficient (Wildman–Crippen LogP) is 2.85. The molecule has 1 unspecified atom stereocenters. The van der Waals surface area contributed by atoms with E-state index in [-0.39, 0.29) is 23.1 Å². The van der Waals surface area contributed by atoms with Gasteiger partial charge in [0.1, 0.15) is 11.6 Å². The average molecular weight is 339 g/mol. The van der Waals surface area contributed by atoms with E-state index in [1.54, 1.807) is 36.1 Å². The second-order valence-corrected chi connectivity index (χ2v) is 6.16. The molecular weight excluding hydrogens is 322 g/mol. The number of aromatic nitrogens is 2. The Morgan fingerprint density at radius 2 is 2.12 bits per heavy atom. The molecular formula is C18H17N3O4. The van der Waals surface area contributed by atoms with Crippen LogP contribution in [0.15, 0.2) is 44.1 Å². The quantitative estimate of drug-likeness (QED) is 0.713. The molecule has 128 valence electrons. The van der Waals surface area contributed by atoms with Crippen LogP contribution in [0.2, 0.25) is 0 Å². The van der Waals surface area contributed by atoms with E-state index in [0.29, 0.717) is 29.2 Å². The lowest BCUT2D eigenvalue weighted by molar-refractivity contribution is 0.0530. The average Bonchev–Trinajstić information content (AvgIpc) is 3.07. The summed E-state index contributed by atoms with van der Waals surface area (Å²) in [6.45, 7) is 2.30. The lowest BCUT2D eigenvalue weighted by Crippen LogP contribution is -2.39. The molecule has 3 aromatic rings. The van der Waals surface area contributed by atoms with Gasteiger partial charge in [-0.2, -0.15) is 4.98 Å². The summed E-state index contributed by atoms with van der Waals surface area (Å²) in [6.07, 6.45) is 2.59. The fourth-order valence-electron chi connectivity index (χ4n) is 3.23. The van der Waals surface area contributed by atoms with Crippen LogP contribution in [-0.2, 0) is 0 Å². The predicted molar refractivity (Wildman–Crippen MR) is 89.1 cm³/mol. The van der Waals surface area contributed by atoms with Crippen LogP contribution >= 0.6 is 0 Å². The molecule has 0 spiro atoms. The number of para-hydroxylation sites is 1. The van der Waals surface area contributed by atoms with Crippen LogP contribution in [0.3, 0.4) is 0 Å². The zero-order valence-corrected chi connectivity index (χ0v) is 13.8. The maximum atomic E-state index is 13.0. The van der Waals surface area contributed by atoms with Gasteiger partial charge in [0.25, 0.3) is 5.91 Å². The summed E-state index contributed by atoms with van der Waals surface area (Å²) in [5.74, 6) is 0.661. The van der Waals surface area contributed by atoms with Crippen LogP contribution < -0.4 is 5.43 Å². The van der Waals surface area contributed by atoms with Crippen molar-refractivity contribution in [3.63, 3.8) is 0 Å². The number of aryl methyl sites for hydroxylation is 1. The van der Waals surface area contributed by atoms with Crippen molar-refractivity contribution in [1.82, 2.24) is 15.0 Å². The molecule has 0 bridgehead atoms. The third-order valence-electron chi connectivity index (χ3n) is 4.44. The van der Waals surface area contributed by atoms with Gasteiger partial charge in [-0.15, -0.1) is 0 Å². The molecule has 7 nitrogen and oxygen atoms in total. The Hall–Kier alpha value is -2.96. The Bertz CT molecular complexity index is 991. The van der Waals surface area contributed by atoms with E-state index in [1.165, 1.54) is 6.07 Å². The molecule has 1 aliphatic heterocycles. The maximum Gasteiger partial charge on any atom is 0.290 e. The standard InChI is InChI=1S/C18H17N3O4/c1-11-19-17(25-20-11)13-7-4-5-9-21(13)18(23)16-10-14(22)12-6-2-3-8-15(12)24-16/h2-3,6,8,10,13H,4-5,7,9H2,1H3. The number of rotatable bonds is 2. The molecule has 7 heteroatoms. The zero-order chi connectivity index (χ0) is 17.4. The highest BCUT2D eigenvalue weighted by Gasteiger charge is 2.33. The number of nitrogens with zero attached hydrogens (tertiary/aromatic N) is 3. The summed E-state index contributed by atoms with van der Waals surface area (Å²) >= 11 is 0. The summed E-state index contributed by atoms with van der Waals surface area (Å²) in [5.41, 5.74) is 0.174. The minimum absolute atomic E-state index is 0.0341. The molecule has 0 saturated carbocycles. The van der Waals surface area contributed by atoms with E-state index in [9.17, 15) is 9.59 Å². The summed E-state index contributed by atoms with van der Waals surface area (Å²) in [7, 11) is 0. The van der Waals surface area contributed by atoms with E-state index in [2.05, 4.69) is 10.1 Å². The number of fused-ring (bicyclic) bond motifs is 1. The first kappa shape index (κ1) is 15.6. The van der Waals surface area contributed by atoms with E-state index >= 15 is 0 Å². The Labute approximate surface area is 143 Å². The van der Waals surface area contributed by atoms with Gasteiger partial charge >= 0.3 is 0 Å². The van der Waals surface area contributed by atoms with E-state index in [4.69, 9.17) is 8.94 Å². The van der Waals surface area contributed by atoms with Crippen molar-refractivity contribution in [2.24, 2.45) is 0 Å². The van der Waals surface area contributed by atoms with Gasteiger partial charge in [-0.3, -0.25) is 9.59 Å². The molecule has 1 aliphatic rings. The van der Waals surface area contributed by atoms with Crippen LogP contribution in [0.5, 0.6) is 0 Å². The van der Waals surface area contributed by atoms with Crippen LogP contribution in [0.1, 0.15) is 47.6 Å². The summed E-state index contributed by atoms with van der Waals surface area (Å²) in [5, 5.41) is 4.28. The molecule has 1 aromatic carbocycles. The maximum absolute atomic E-state index is 13.0. The number of piperidine rings is 1. The van der Waals surface area contributed by atoms with Crippen molar-refractivity contribution in [1.29, 1.82) is 0 Å². The number of carbonyl (C=O) groups excluding carboxylic acids is 1. The van der Waals surface area contributed by atoms with Crippen molar-refractivity contribution in [3.8, 4) is 0 Å². The zero-order valence-electron chi connectivity index (χ0n) is 13.8. The molecule has 0 aliphatic carbocycles. The lowest BCUT2D eigenvalue weighted by atomic mass is 10.0. The van der Waals surface area contributed by atoms with E-state index in [1.807, 2.05) is 0 Å². The number of likely N-dealkylation sites (tertiary alicyclic amines) is 1. The van der Waals surface area contributed by atoms with Gasteiger partial charge in [0.2, 0.25) is 5.89 Å². The SMILES string of the molecule is Cc1noc(C2CCCCN2C(=O)c2cc(=O)c3ccccc3o2)n1. The van der Waals surface area contributed by atoms with Crippen molar-refractivity contribution in [2.75, 3.05) is 6.54 Å². The van der Waals surface area contributed by atoms with E-state index in [0.717, 1.165) is 19.3 Å². The number of hydrogen-bond acceptors (Lipinski definition) is 6. The van der Waals surface area contributed by atoms with Crippen molar-refractivity contribution >= 4 is 16.9 Å². The first-order chi connectivity index (χ1) is 12.1. The van der Waals surface area contributed by atoms with Gasteiger partial charge in [0, 0.05) is 12.6 Å². The molecule has 0 radical (unpaired) electrons. The molecule has 1 amide bonds. The fraction of sp³-hybridized carbons (Fsp3) is 0.333. The highest BCUT2D eigenvalue weighted by atomic mass is 16.5. The Morgan fingerprint density at radius 1 is 1.28 bits per heavy atom. The Balaban J connectivity index is 1.72. The van der Waals surface area contributed by atoms with E-state index < -0.39 is 0 Å². The van der Waals surface area contributed by atoms with Crippen LogP contribution in [0, 0.1) is 6.92 Å². The molecule has 2 aromatic heterocycles. The second-order valence-electron chi connectivity index (χ2n) is 6.16. The Kier molecular flexibility index (Phi) is 3.83. The molecule has 1 atom stereocenters. The van der Waals surface area contributed by atoms with Gasteiger partial charge in [0.05, 0.1) is 5.39 Å². The normalized spacial score (nSPS) is 17.8. The highest BCUT2D eigenvalue weighted by Crippen LogP contribution is 2.31. The second kappa shape index (κ2) is 6.16. The van der Waals surface area contributed by atoms with Gasteiger partial charge in [-0.05, 0) is 38.3 Å². The summed E-state index contributed by atoms with van der Waals surface area (Å²) in [4.78, 5) is 31.2. The number of hydrogen-bond donors (Lipinski definition) is 0. The fourth-order valence-corrected chi connectivity index (χ4v) is 3.23. The van der Waals surface area contributed by atoms with Crippen molar-refractivity contribution < 1.29 is 13.7 Å². The summed E-state index contributed by atoms with van der Waals surface area (Å²) in [6, 6.07) is 7.86. The third kappa shape index (κ3) is 2.82. The molecule has 0 N–H and O–H groups in total. The van der Waals surface area contributed by atoms with Gasteiger partial charge in [-0.1, -0.05) is 17.3 Å². The molecule has 1 fully saturated rings. The molecule has 25 heavy (non-hydrogen) atoms. The van der Waals surface area contributed by atoms with Crippen molar-refractivity contribution in [2.45, 2.75) is 32.2 Å². The number of carbonyl (C=O) groups is 1. The van der Waals surface area contributed by atoms with Crippen LogP contribution in [0.25, 0.3) is 11.0 Å². The highest BCUT2D eigenvalue weighted by molar-refractivity contribution is 5.93. The minimum atomic E-state index is -0.330. The molecule has 4 rings (SSSR count). The van der Waals surface area contributed by atoms with Gasteiger partial charge < -0.3 is 13.8 Å². The topological polar surface area (TPSA) is 89.4 Å². The number of benzene rings is 1. The van der Waals surface area contributed by atoms with Crippen LogP contribution in [-0.4, -0.2) is 27.5 Å². The molecule has 3 heterocycles. The number of amides is 1. The largest absolute Gasteiger partial charge is 0.451 e. The first-order valence-electron chi connectivity index (χ1n) is 8.27.